The molecule has 1 fully saturated rings. The maximum Gasteiger partial charge on any atom is 0.407 e. The first-order valence-electron chi connectivity index (χ1n) is 11.6. The molecule has 2 aromatic carbocycles. The number of benzene rings is 2. The Labute approximate surface area is 206 Å². The number of thiazole rings is 1. The fraction of sp³-hybridized carbons (Fsp3) is 0.308. The van der Waals surface area contributed by atoms with Crippen LogP contribution in [-0.4, -0.2) is 52.7 Å². The standard InChI is InChI=1S/C26H25N3O5S/c30-24(29-11-5-6-16(13-29)25(31)32)22-15-35-23(28-22)12-27-26(33)34-14-21-19-9-3-1-7-17(19)18-8-2-4-10-20(18)21/h1-4,7-10,15-16,21H,5-6,11-14H2,(H,27,33)(H,31,32)/t16-/m1/s1. The van der Waals surface area contributed by atoms with Crippen molar-refractivity contribution < 1.29 is 24.2 Å². The molecule has 2 amide bonds. The molecule has 1 saturated heterocycles. The number of amides is 2. The Morgan fingerprint density at radius 3 is 2.46 bits per heavy atom. The number of nitrogens with zero attached hydrogens (tertiary/aromatic N) is 2. The molecule has 1 aliphatic carbocycles. The Morgan fingerprint density at radius 1 is 1.09 bits per heavy atom. The van der Waals surface area contributed by atoms with Gasteiger partial charge in [-0.2, -0.15) is 0 Å². The topological polar surface area (TPSA) is 109 Å². The van der Waals surface area contributed by atoms with Gasteiger partial charge >= 0.3 is 12.1 Å². The van der Waals surface area contributed by atoms with E-state index in [0.29, 0.717) is 24.4 Å². The maximum absolute atomic E-state index is 12.7. The minimum Gasteiger partial charge on any atom is -0.481 e. The third kappa shape index (κ3) is 4.77. The smallest absolute Gasteiger partial charge is 0.407 e. The summed E-state index contributed by atoms with van der Waals surface area (Å²) in [5, 5.41) is 14.2. The third-order valence-electron chi connectivity index (χ3n) is 6.56. The first-order chi connectivity index (χ1) is 17.0. The van der Waals surface area contributed by atoms with E-state index in [1.54, 1.807) is 10.3 Å². The van der Waals surface area contributed by atoms with Crippen molar-refractivity contribution in [3.05, 3.63) is 75.7 Å². The number of carboxylic acid groups (broad SMARTS) is 1. The van der Waals surface area contributed by atoms with Gasteiger partial charge in [0.25, 0.3) is 5.91 Å². The predicted octanol–water partition coefficient (Wildman–Crippen LogP) is 4.12. The van der Waals surface area contributed by atoms with Crippen LogP contribution in [-0.2, 0) is 16.1 Å². The van der Waals surface area contributed by atoms with Crippen LogP contribution in [0.4, 0.5) is 4.79 Å². The molecule has 0 saturated carbocycles. The lowest BCUT2D eigenvalue weighted by Crippen LogP contribution is -2.42. The molecular formula is C26H25N3O5S. The summed E-state index contributed by atoms with van der Waals surface area (Å²) in [6.07, 6.45) is 0.685. The lowest BCUT2D eigenvalue weighted by atomic mass is 9.98. The SMILES string of the molecule is O=C(NCc1nc(C(=O)N2CCC[C@@H](C(=O)O)C2)cs1)OCC1c2ccccc2-c2ccccc21. The summed E-state index contributed by atoms with van der Waals surface area (Å²) in [5.74, 6) is -1.72. The van der Waals surface area contributed by atoms with Crippen molar-refractivity contribution in [3.63, 3.8) is 0 Å². The van der Waals surface area contributed by atoms with Crippen LogP contribution in [0.2, 0.25) is 0 Å². The number of hydrogen-bond donors (Lipinski definition) is 2. The van der Waals surface area contributed by atoms with Gasteiger partial charge in [-0.3, -0.25) is 9.59 Å². The van der Waals surface area contributed by atoms with Gasteiger partial charge in [0.2, 0.25) is 0 Å². The molecule has 2 aliphatic rings. The van der Waals surface area contributed by atoms with Crippen LogP contribution in [0.1, 0.15) is 45.4 Å². The number of carbonyl (C=O) groups is 3. The van der Waals surface area contributed by atoms with E-state index in [0.717, 1.165) is 11.1 Å². The van der Waals surface area contributed by atoms with Crippen LogP contribution in [0.15, 0.2) is 53.9 Å². The van der Waals surface area contributed by atoms with Crippen molar-refractivity contribution in [2.45, 2.75) is 25.3 Å². The molecule has 0 radical (unpaired) electrons. The molecule has 8 nitrogen and oxygen atoms in total. The number of hydrogen-bond acceptors (Lipinski definition) is 6. The Hall–Kier alpha value is -3.72. The number of carbonyl (C=O) groups excluding carboxylic acids is 2. The number of aromatic nitrogens is 1. The van der Waals surface area contributed by atoms with Crippen molar-refractivity contribution >= 4 is 29.3 Å². The number of carboxylic acids is 1. The van der Waals surface area contributed by atoms with Gasteiger partial charge < -0.3 is 20.1 Å². The van der Waals surface area contributed by atoms with E-state index >= 15 is 0 Å². The summed E-state index contributed by atoms with van der Waals surface area (Å²) < 4.78 is 5.54. The third-order valence-corrected chi connectivity index (χ3v) is 7.41. The minimum atomic E-state index is -0.881. The summed E-state index contributed by atoms with van der Waals surface area (Å²) in [7, 11) is 0. The molecule has 1 aliphatic heterocycles. The Morgan fingerprint density at radius 2 is 1.77 bits per heavy atom. The quantitative estimate of drug-likeness (QED) is 0.537. The molecule has 1 atom stereocenters. The summed E-state index contributed by atoms with van der Waals surface area (Å²) >= 11 is 1.27. The molecule has 180 valence electrons. The van der Waals surface area contributed by atoms with E-state index < -0.39 is 18.0 Å². The van der Waals surface area contributed by atoms with Crippen molar-refractivity contribution in [2.24, 2.45) is 5.92 Å². The van der Waals surface area contributed by atoms with Gasteiger partial charge in [-0.1, -0.05) is 48.5 Å². The first kappa shape index (κ1) is 23.0. The summed E-state index contributed by atoms with van der Waals surface area (Å²) in [6, 6.07) is 16.3. The van der Waals surface area contributed by atoms with Crippen LogP contribution < -0.4 is 5.32 Å². The van der Waals surface area contributed by atoms with Crippen LogP contribution >= 0.6 is 11.3 Å². The Kier molecular flexibility index (Phi) is 6.50. The average Bonchev–Trinajstić information content (AvgIpc) is 3.49. The zero-order valence-electron chi connectivity index (χ0n) is 19.0. The van der Waals surface area contributed by atoms with Gasteiger partial charge in [0.05, 0.1) is 12.5 Å². The maximum atomic E-state index is 12.7. The molecule has 0 unspecified atom stereocenters. The minimum absolute atomic E-state index is 0.0172. The van der Waals surface area contributed by atoms with Crippen LogP contribution in [0.5, 0.6) is 0 Å². The molecule has 0 spiro atoms. The number of piperidine rings is 1. The van der Waals surface area contributed by atoms with Crippen molar-refractivity contribution in [1.29, 1.82) is 0 Å². The summed E-state index contributed by atoms with van der Waals surface area (Å²) in [4.78, 5) is 42.3. The van der Waals surface area contributed by atoms with Gasteiger partial charge in [-0.15, -0.1) is 11.3 Å². The second-order valence-corrected chi connectivity index (χ2v) is 9.68. The van der Waals surface area contributed by atoms with Crippen molar-refractivity contribution in [3.8, 4) is 11.1 Å². The molecule has 5 rings (SSSR count). The molecule has 2 N–H and O–H groups in total. The fourth-order valence-corrected chi connectivity index (χ4v) is 5.52. The molecule has 1 aromatic heterocycles. The van der Waals surface area contributed by atoms with Gasteiger partial charge in [0.1, 0.15) is 17.3 Å². The van der Waals surface area contributed by atoms with E-state index in [-0.39, 0.29) is 37.2 Å². The number of rotatable bonds is 6. The Balaban J connectivity index is 1.15. The first-order valence-corrected chi connectivity index (χ1v) is 12.4. The van der Waals surface area contributed by atoms with Crippen molar-refractivity contribution in [1.82, 2.24) is 15.2 Å². The van der Waals surface area contributed by atoms with E-state index in [1.165, 1.54) is 22.5 Å². The number of likely N-dealkylation sites (tertiary alicyclic amines) is 1. The number of nitrogens with one attached hydrogen (secondary N) is 1. The van der Waals surface area contributed by atoms with E-state index in [2.05, 4.69) is 34.6 Å². The molecule has 35 heavy (non-hydrogen) atoms. The lowest BCUT2D eigenvalue weighted by Gasteiger charge is -2.30. The van der Waals surface area contributed by atoms with E-state index in [1.807, 2.05) is 24.3 Å². The van der Waals surface area contributed by atoms with E-state index in [4.69, 9.17) is 4.74 Å². The molecule has 3 aromatic rings. The average molecular weight is 492 g/mol. The highest BCUT2D eigenvalue weighted by Crippen LogP contribution is 2.44. The van der Waals surface area contributed by atoms with Gasteiger partial charge in [-0.25, -0.2) is 9.78 Å². The highest BCUT2D eigenvalue weighted by molar-refractivity contribution is 7.09. The number of fused-ring (bicyclic) bond motifs is 3. The second-order valence-electron chi connectivity index (χ2n) is 8.73. The Bertz CT molecular complexity index is 1230. The normalized spacial score (nSPS) is 16.9. The van der Waals surface area contributed by atoms with Crippen LogP contribution in [0.25, 0.3) is 11.1 Å². The second kappa shape index (κ2) is 9.87. The number of aliphatic carboxylic acids is 1. The van der Waals surface area contributed by atoms with Crippen LogP contribution in [0, 0.1) is 5.92 Å². The largest absolute Gasteiger partial charge is 0.481 e. The highest BCUT2D eigenvalue weighted by atomic mass is 32.1. The zero-order chi connectivity index (χ0) is 24.4. The molecular weight excluding hydrogens is 466 g/mol. The predicted molar refractivity (Wildman–Crippen MR) is 130 cm³/mol. The fourth-order valence-electron chi connectivity index (χ4n) is 4.81. The van der Waals surface area contributed by atoms with Crippen LogP contribution in [0.3, 0.4) is 0 Å². The summed E-state index contributed by atoms with van der Waals surface area (Å²) in [6.45, 7) is 1.08. The number of ether oxygens (including phenoxy) is 1. The monoisotopic (exact) mass is 491 g/mol. The van der Waals surface area contributed by atoms with Crippen molar-refractivity contribution in [2.75, 3.05) is 19.7 Å². The summed E-state index contributed by atoms with van der Waals surface area (Å²) in [5.41, 5.74) is 4.89. The van der Waals surface area contributed by atoms with Gasteiger partial charge in [0.15, 0.2) is 0 Å². The highest BCUT2D eigenvalue weighted by Gasteiger charge is 2.30. The lowest BCUT2D eigenvalue weighted by molar-refractivity contribution is -0.143. The van der Waals surface area contributed by atoms with E-state index in [9.17, 15) is 19.5 Å². The molecule has 9 heteroatoms. The molecule has 2 heterocycles. The van der Waals surface area contributed by atoms with Gasteiger partial charge in [-0.05, 0) is 35.1 Å². The molecule has 0 bridgehead atoms. The zero-order valence-corrected chi connectivity index (χ0v) is 19.8. The van der Waals surface area contributed by atoms with Gasteiger partial charge in [0, 0.05) is 24.4 Å². The number of alkyl carbamates (subject to hydrolysis) is 1.